The average molecular weight is 305 g/mol. The van der Waals surface area contributed by atoms with Gasteiger partial charge in [-0.3, -0.25) is 0 Å². The van der Waals surface area contributed by atoms with E-state index in [-0.39, 0.29) is 12.0 Å². The third kappa shape index (κ3) is 3.86. The molecule has 0 radical (unpaired) electrons. The molecule has 0 fully saturated rings. The molecular weight excluding hydrogens is 282 g/mol. The summed E-state index contributed by atoms with van der Waals surface area (Å²) >= 11 is 1.82. The highest BCUT2D eigenvalue weighted by molar-refractivity contribution is 7.99. The molecule has 21 heavy (non-hydrogen) atoms. The van der Waals surface area contributed by atoms with Gasteiger partial charge in [-0.05, 0) is 42.9 Å². The van der Waals surface area contributed by atoms with Crippen LogP contribution in [0.5, 0.6) is 0 Å². The molecule has 114 valence electrons. The molecule has 0 aliphatic heterocycles. The Morgan fingerprint density at radius 1 is 1.19 bits per heavy atom. The Morgan fingerprint density at radius 2 is 1.86 bits per heavy atom. The minimum Gasteiger partial charge on any atom is -0.339 e. The van der Waals surface area contributed by atoms with Crippen molar-refractivity contribution in [3.63, 3.8) is 0 Å². The number of hydrogen-bond donors (Lipinski definition) is 1. The van der Waals surface area contributed by atoms with Gasteiger partial charge in [-0.1, -0.05) is 25.9 Å². The van der Waals surface area contributed by atoms with Crippen molar-refractivity contribution in [2.24, 2.45) is 11.7 Å². The summed E-state index contributed by atoms with van der Waals surface area (Å²) in [7, 11) is 0. The molecule has 0 saturated carbocycles. The number of benzene rings is 1. The van der Waals surface area contributed by atoms with Gasteiger partial charge >= 0.3 is 0 Å². The van der Waals surface area contributed by atoms with Crippen molar-refractivity contribution in [1.82, 2.24) is 10.1 Å². The van der Waals surface area contributed by atoms with E-state index >= 15 is 0 Å². The van der Waals surface area contributed by atoms with E-state index in [2.05, 4.69) is 43.0 Å². The first kappa shape index (κ1) is 16.0. The molecule has 0 saturated heterocycles. The van der Waals surface area contributed by atoms with E-state index in [1.54, 1.807) is 0 Å². The first-order chi connectivity index (χ1) is 10.0. The predicted molar refractivity (Wildman–Crippen MR) is 87.4 cm³/mol. The molecule has 5 heteroatoms. The van der Waals surface area contributed by atoms with Crippen LogP contribution in [0.3, 0.4) is 0 Å². The highest BCUT2D eigenvalue weighted by Crippen LogP contribution is 2.28. The van der Waals surface area contributed by atoms with Crippen molar-refractivity contribution in [2.45, 2.75) is 44.6 Å². The molecule has 2 N–H and O–H groups in total. The zero-order chi connectivity index (χ0) is 15.4. The summed E-state index contributed by atoms with van der Waals surface area (Å²) in [5, 5.41) is 4.10. The van der Waals surface area contributed by atoms with E-state index < -0.39 is 0 Å². The summed E-state index contributed by atoms with van der Waals surface area (Å²) in [5.41, 5.74) is 7.01. The standard InChI is InChI=1S/C16H23N3OS/c1-5-21-13-8-6-12(7-9-13)15-18-16(20-19-15)14(10(2)3)11(4)17/h6-11,14H,5,17H2,1-4H3. The number of nitrogens with zero attached hydrogens (tertiary/aromatic N) is 2. The maximum Gasteiger partial charge on any atom is 0.231 e. The lowest BCUT2D eigenvalue weighted by atomic mass is 9.90. The molecule has 2 atom stereocenters. The van der Waals surface area contributed by atoms with Crippen molar-refractivity contribution < 1.29 is 4.52 Å². The van der Waals surface area contributed by atoms with Crippen LogP contribution in [0.1, 0.15) is 39.5 Å². The van der Waals surface area contributed by atoms with Gasteiger partial charge in [-0.15, -0.1) is 11.8 Å². The van der Waals surface area contributed by atoms with E-state index in [4.69, 9.17) is 10.3 Å². The normalized spacial score (nSPS) is 14.4. The van der Waals surface area contributed by atoms with Gasteiger partial charge in [0.25, 0.3) is 0 Å². The molecule has 0 aliphatic carbocycles. The smallest absolute Gasteiger partial charge is 0.231 e. The van der Waals surface area contributed by atoms with E-state index in [1.807, 2.05) is 30.8 Å². The van der Waals surface area contributed by atoms with Gasteiger partial charge in [0.05, 0.1) is 5.92 Å². The Balaban J connectivity index is 2.22. The fraction of sp³-hybridized carbons (Fsp3) is 0.500. The highest BCUT2D eigenvalue weighted by atomic mass is 32.2. The highest BCUT2D eigenvalue weighted by Gasteiger charge is 2.26. The molecule has 1 aromatic carbocycles. The number of aromatic nitrogens is 2. The maximum absolute atomic E-state index is 6.04. The van der Waals surface area contributed by atoms with E-state index in [0.717, 1.165) is 11.3 Å². The predicted octanol–water partition coefficient (Wildman–Crippen LogP) is 3.94. The molecule has 4 nitrogen and oxygen atoms in total. The zero-order valence-corrected chi connectivity index (χ0v) is 13.9. The fourth-order valence-electron chi connectivity index (χ4n) is 2.47. The Bertz CT molecular complexity index is 555. The van der Waals surface area contributed by atoms with Gasteiger partial charge in [-0.25, -0.2) is 0 Å². The Morgan fingerprint density at radius 3 is 2.38 bits per heavy atom. The van der Waals surface area contributed by atoms with Crippen LogP contribution in [0.25, 0.3) is 11.4 Å². The van der Waals surface area contributed by atoms with E-state index in [1.165, 1.54) is 4.90 Å². The second kappa shape index (κ2) is 7.09. The molecule has 1 heterocycles. The van der Waals surface area contributed by atoms with Crippen LogP contribution >= 0.6 is 11.8 Å². The van der Waals surface area contributed by atoms with Crippen LogP contribution in [-0.4, -0.2) is 21.9 Å². The number of rotatable bonds is 6. The van der Waals surface area contributed by atoms with Crippen molar-refractivity contribution in [3.8, 4) is 11.4 Å². The Hall–Kier alpha value is -1.33. The SMILES string of the molecule is CCSc1ccc(-c2noc(C(C(C)C)C(C)N)n2)cc1. The second-order valence-corrected chi connectivity index (χ2v) is 6.88. The molecular formula is C16H23N3OS. The lowest BCUT2D eigenvalue weighted by molar-refractivity contribution is 0.300. The van der Waals surface area contributed by atoms with Crippen LogP contribution in [0.4, 0.5) is 0 Å². The van der Waals surface area contributed by atoms with Crippen molar-refractivity contribution in [1.29, 1.82) is 0 Å². The number of nitrogens with two attached hydrogens (primary N) is 1. The van der Waals surface area contributed by atoms with Gasteiger partial charge < -0.3 is 10.3 Å². The van der Waals surface area contributed by atoms with Crippen LogP contribution in [0.15, 0.2) is 33.7 Å². The minimum atomic E-state index is -0.0124. The van der Waals surface area contributed by atoms with Crippen LogP contribution in [0.2, 0.25) is 0 Å². The second-order valence-electron chi connectivity index (χ2n) is 5.54. The summed E-state index contributed by atoms with van der Waals surface area (Å²) in [6.07, 6.45) is 0. The average Bonchev–Trinajstić information content (AvgIpc) is 2.88. The summed E-state index contributed by atoms with van der Waals surface area (Å²) in [4.78, 5) is 5.78. The lowest BCUT2D eigenvalue weighted by Gasteiger charge is -2.20. The molecule has 2 aromatic rings. The maximum atomic E-state index is 6.04. The molecule has 0 bridgehead atoms. The van der Waals surface area contributed by atoms with Crippen molar-refractivity contribution in [2.75, 3.05) is 5.75 Å². The van der Waals surface area contributed by atoms with Gasteiger partial charge in [0.2, 0.25) is 11.7 Å². The molecule has 2 unspecified atom stereocenters. The van der Waals surface area contributed by atoms with Crippen molar-refractivity contribution >= 4 is 11.8 Å². The third-order valence-corrected chi connectivity index (χ3v) is 4.33. The van der Waals surface area contributed by atoms with Gasteiger partial charge in [0, 0.05) is 16.5 Å². The monoisotopic (exact) mass is 305 g/mol. The summed E-state index contributed by atoms with van der Waals surface area (Å²) in [6.45, 7) is 8.36. The minimum absolute atomic E-state index is 0.0124. The lowest BCUT2D eigenvalue weighted by Crippen LogP contribution is -2.28. The largest absolute Gasteiger partial charge is 0.339 e. The first-order valence-electron chi connectivity index (χ1n) is 7.35. The van der Waals surface area contributed by atoms with Gasteiger partial charge in [-0.2, -0.15) is 4.98 Å². The topological polar surface area (TPSA) is 64.9 Å². The Labute approximate surface area is 130 Å². The van der Waals surface area contributed by atoms with E-state index in [0.29, 0.717) is 17.6 Å². The third-order valence-electron chi connectivity index (χ3n) is 3.44. The molecule has 1 aromatic heterocycles. The number of hydrogen-bond acceptors (Lipinski definition) is 5. The van der Waals surface area contributed by atoms with Crippen molar-refractivity contribution in [3.05, 3.63) is 30.2 Å². The first-order valence-corrected chi connectivity index (χ1v) is 8.34. The molecule has 0 aliphatic rings. The summed E-state index contributed by atoms with van der Waals surface area (Å²) < 4.78 is 5.44. The quantitative estimate of drug-likeness (QED) is 0.819. The van der Waals surface area contributed by atoms with Gasteiger partial charge in [0.1, 0.15) is 0 Å². The van der Waals surface area contributed by atoms with Crippen LogP contribution in [-0.2, 0) is 0 Å². The molecule has 0 spiro atoms. The summed E-state index contributed by atoms with van der Waals surface area (Å²) in [5.74, 6) is 2.77. The fourth-order valence-corrected chi connectivity index (χ4v) is 3.13. The van der Waals surface area contributed by atoms with Crippen LogP contribution in [0, 0.1) is 5.92 Å². The van der Waals surface area contributed by atoms with E-state index in [9.17, 15) is 0 Å². The van der Waals surface area contributed by atoms with Crippen LogP contribution < -0.4 is 5.73 Å². The summed E-state index contributed by atoms with van der Waals surface area (Å²) in [6, 6.07) is 8.23. The number of thioether (sulfide) groups is 1. The molecule has 0 amide bonds. The zero-order valence-electron chi connectivity index (χ0n) is 13.0. The van der Waals surface area contributed by atoms with Gasteiger partial charge in [0.15, 0.2) is 0 Å². The Kier molecular flexibility index (Phi) is 5.42. The molecule has 2 rings (SSSR count).